The molecule has 2 aliphatic rings. The molecule has 6 aromatic rings. The third-order valence-corrected chi connectivity index (χ3v) is 12.3. The van der Waals surface area contributed by atoms with E-state index in [1.54, 1.807) is 23.9 Å². The summed E-state index contributed by atoms with van der Waals surface area (Å²) in [6, 6.07) is 40.6. The van der Waals surface area contributed by atoms with E-state index in [4.69, 9.17) is 0 Å². The molecule has 246 valence electrons. The highest BCUT2D eigenvalue weighted by atomic mass is 32.2. The summed E-state index contributed by atoms with van der Waals surface area (Å²) < 4.78 is 4.92. The standard InChI is InChI=1S/C43H41B2N3S2/c1-26-14-11-12-17-33(26)34-18-13-19-35(30(34)5)44-36-25-38-40(22-29(36)4)48(50-7)42-24-32(46-31-15-9-8-10-16-31)23-41-43(42)45(38)37-20-27(2)28(3)21-39(37)47(41)49-6/h8-25,44,46H,1-7H3. The van der Waals surface area contributed by atoms with E-state index in [-0.39, 0.29) is 6.71 Å². The molecular formula is C43H41B2N3S2. The van der Waals surface area contributed by atoms with E-state index < -0.39 is 0 Å². The van der Waals surface area contributed by atoms with E-state index in [1.807, 2.05) is 0 Å². The zero-order valence-electron chi connectivity index (χ0n) is 29.9. The van der Waals surface area contributed by atoms with E-state index in [1.165, 1.54) is 89.0 Å². The van der Waals surface area contributed by atoms with Crippen LogP contribution >= 0.6 is 23.9 Å². The van der Waals surface area contributed by atoms with E-state index in [2.05, 4.69) is 170 Å². The monoisotopic (exact) mass is 685 g/mol. The second-order valence-electron chi connectivity index (χ2n) is 13.7. The maximum absolute atomic E-state index is 3.73. The predicted molar refractivity (Wildman–Crippen MR) is 227 cm³/mol. The van der Waals surface area contributed by atoms with Crippen LogP contribution in [0.3, 0.4) is 0 Å². The van der Waals surface area contributed by atoms with E-state index >= 15 is 0 Å². The lowest BCUT2D eigenvalue weighted by Crippen LogP contribution is -2.62. The van der Waals surface area contributed by atoms with Crippen LogP contribution in [0.15, 0.2) is 109 Å². The molecule has 0 spiro atoms. The van der Waals surface area contributed by atoms with Crippen molar-refractivity contribution >= 4 is 99.3 Å². The quantitative estimate of drug-likeness (QED) is 0.135. The first-order chi connectivity index (χ1) is 24.3. The molecule has 7 heteroatoms. The smallest absolute Gasteiger partial charge is 0.252 e. The Labute approximate surface area is 307 Å². The first-order valence-electron chi connectivity index (χ1n) is 17.3. The topological polar surface area (TPSA) is 18.5 Å². The molecule has 0 aromatic heterocycles. The van der Waals surface area contributed by atoms with Crippen LogP contribution in [0.2, 0.25) is 0 Å². The highest BCUT2D eigenvalue weighted by molar-refractivity contribution is 8.00. The third-order valence-electron chi connectivity index (χ3n) is 10.7. The summed E-state index contributed by atoms with van der Waals surface area (Å²) in [4.78, 5) is 0. The molecule has 0 amide bonds. The fourth-order valence-electron chi connectivity index (χ4n) is 7.98. The van der Waals surface area contributed by atoms with Gasteiger partial charge in [0.05, 0.1) is 11.4 Å². The van der Waals surface area contributed by atoms with Gasteiger partial charge in [-0.2, -0.15) is 0 Å². The molecule has 0 saturated heterocycles. The molecule has 2 heterocycles. The summed E-state index contributed by atoms with van der Waals surface area (Å²) in [7, 11) is 0.896. The molecule has 1 N–H and O–H groups in total. The van der Waals surface area contributed by atoms with E-state index in [0.29, 0.717) is 0 Å². The molecule has 50 heavy (non-hydrogen) atoms. The Morgan fingerprint density at radius 2 is 1.12 bits per heavy atom. The van der Waals surface area contributed by atoms with Crippen molar-refractivity contribution in [2.24, 2.45) is 0 Å². The number of nitrogens with one attached hydrogen (secondary N) is 1. The largest absolute Gasteiger partial charge is 0.355 e. The van der Waals surface area contributed by atoms with E-state index in [9.17, 15) is 0 Å². The van der Waals surface area contributed by atoms with Crippen molar-refractivity contribution in [2.45, 2.75) is 34.6 Å². The lowest BCUT2D eigenvalue weighted by molar-refractivity contribution is 1.32. The van der Waals surface area contributed by atoms with Crippen molar-refractivity contribution < 1.29 is 0 Å². The summed E-state index contributed by atoms with van der Waals surface area (Å²) in [6.07, 6.45) is 4.40. The minimum Gasteiger partial charge on any atom is -0.355 e. The number of para-hydroxylation sites is 1. The molecule has 2 aliphatic heterocycles. The maximum Gasteiger partial charge on any atom is 0.252 e. The zero-order valence-corrected chi connectivity index (χ0v) is 31.5. The normalized spacial score (nSPS) is 12.7. The Balaban J connectivity index is 1.31. The predicted octanol–water partition coefficient (Wildman–Crippen LogP) is 8.00. The number of benzene rings is 6. The Hall–Kier alpha value is -4.45. The number of rotatable bonds is 7. The Morgan fingerprint density at radius 1 is 0.520 bits per heavy atom. The number of fused-ring (bicyclic) bond motifs is 4. The highest BCUT2D eigenvalue weighted by Crippen LogP contribution is 2.44. The van der Waals surface area contributed by atoms with Crippen LogP contribution in [-0.4, -0.2) is 26.5 Å². The molecule has 0 aliphatic carbocycles. The van der Waals surface area contributed by atoms with Crippen LogP contribution in [0.1, 0.15) is 27.8 Å². The number of aryl methyl sites for hydroxylation is 4. The maximum atomic E-state index is 3.73. The zero-order chi connectivity index (χ0) is 34.7. The molecule has 8 rings (SSSR count). The van der Waals surface area contributed by atoms with Gasteiger partial charge >= 0.3 is 0 Å². The first-order valence-corrected chi connectivity index (χ1v) is 19.7. The van der Waals surface area contributed by atoms with Gasteiger partial charge in [-0.05, 0) is 145 Å². The minimum atomic E-state index is 0.126. The van der Waals surface area contributed by atoms with Crippen molar-refractivity contribution in [1.82, 2.24) is 0 Å². The van der Waals surface area contributed by atoms with Gasteiger partial charge in [0.2, 0.25) is 0 Å². The van der Waals surface area contributed by atoms with Crippen LogP contribution in [-0.2, 0) is 0 Å². The molecular weight excluding hydrogens is 644 g/mol. The van der Waals surface area contributed by atoms with Crippen molar-refractivity contribution in [3.8, 4) is 11.1 Å². The van der Waals surface area contributed by atoms with Gasteiger partial charge in [-0.25, -0.2) is 0 Å². The van der Waals surface area contributed by atoms with Gasteiger partial charge in [-0.3, -0.25) is 8.61 Å². The summed E-state index contributed by atoms with van der Waals surface area (Å²) >= 11 is 3.58. The van der Waals surface area contributed by atoms with Gasteiger partial charge in [0.1, 0.15) is 0 Å². The lowest BCUT2D eigenvalue weighted by Gasteiger charge is -2.43. The Kier molecular flexibility index (Phi) is 8.53. The van der Waals surface area contributed by atoms with Crippen LogP contribution in [0, 0.1) is 34.6 Å². The highest BCUT2D eigenvalue weighted by Gasteiger charge is 2.43. The number of hydrogen-bond donors (Lipinski definition) is 1. The molecule has 0 unspecified atom stereocenters. The molecule has 0 radical (unpaired) electrons. The molecule has 6 aromatic carbocycles. The van der Waals surface area contributed by atoms with Gasteiger partial charge in [0.25, 0.3) is 6.71 Å². The van der Waals surface area contributed by atoms with Crippen LogP contribution in [0.5, 0.6) is 0 Å². The molecule has 3 nitrogen and oxygen atoms in total. The average molecular weight is 686 g/mol. The summed E-state index contributed by atoms with van der Waals surface area (Å²) in [5.74, 6) is 0. The fourth-order valence-corrected chi connectivity index (χ4v) is 9.38. The molecule has 0 fully saturated rings. The van der Waals surface area contributed by atoms with Crippen LogP contribution in [0.25, 0.3) is 11.1 Å². The summed E-state index contributed by atoms with van der Waals surface area (Å²) in [5.41, 5.74) is 23.5. The third kappa shape index (κ3) is 5.43. The molecule has 0 atom stereocenters. The van der Waals surface area contributed by atoms with Gasteiger partial charge < -0.3 is 5.32 Å². The second-order valence-corrected chi connectivity index (χ2v) is 15.2. The number of hydrogen-bond acceptors (Lipinski definition) is 5. The summed E-state index contributed by atoms with van der Waals surface area (Å²) in [5, 5.41) is 3.73. The fraction of sp³-hybridized carbons (Fsp3) is 0.163. The van der Waals surface area contributed by atoms with E-state index in [0.717, 1.165) is 18.7 Å². The first kappa shape index (κ1) is 32.7. The second kappa shape index (κ2) is 13.0. The average Bonchev–Trinajstić information content (AvgIpc) is 3.11. The van der Waals surface area contributed by atoms with Crippen molar-refractivity contribution in [1.29, 1.82) is 0 Å². The summed E-state index contributed by atoms with van der Waals surface area (Å²) in [6.45, 7) is 11.4. The Morgan fingerprint density at radius 3 is 1.80 bits per heavy atom. The van der Waals surface area contributed by atoms with Gasteiger partial charge in [-0.1, -0.05) is 89.3 Å². The van der Waals surface area contributed by atoms with Crippen molar-refractivity contribution in [2.75, 3.05) is 26.4 Å². The van der Waals surface area contributed by atoms with Gasteiger partial charge in [0.15, 0.2) is 7.28 Å². The number of anilines is 6. The lowest BCUT2D eigenvalue weighted by atomic mass is 9.33. The Bertz CT molecular complexity index is 2270. The van der Waals surface area contributed by atoms with Crippen LogP contribution < -0.4 is 41.2 Å². The van der Waals surface area contributed by atoms with Gasteiger partial charge in [0, 0.05) is 35.3 Å². The minimum absolute atomic E-state index is 0.126. The van der Waals surface area contributed by atoms with Crippen molar-refractivity contribution in [3.63, 3.8) is 0 Å². The SMILES string of the molecule is CSN1c2cc(C)c(C)cc2B2c3cc(Bc4cccc(-c5ccccc5C)c4C)c(C)cc3N(SC)c3cc(Nc4ccccc4)cc1c32. The molecule has 0 bridgehead atoms. The van der Waals surface area contributed by atoms with Crippen molar-refractivity contribution in [3.05, 3.63) is 137 Å². The van der Waals surface area contributed by atoms with Crippen LogP contribution in [0.4, 0.5) is 34.1 Å². The number of nitrogens with zero attached hydrogens (tertiary/aromatic N) is 2. The molecule has 0 saturated carbocycles. The van der Waals surface area contributed by atoms with Gasteiger partial charge in [-0.15, -0.1) is 0 Å².